The van der Waals surface area contributed by atoms with Crippen LogP contribution < -0.4 is 5.32 Å². The van der Waals surface area contributed by atoms with Gasteiger partial charge in [-0.25, -0.2) is 0 Å². The van der Waals surface area contributed by atoms with E-state index in [-0.39, 0.29) is 0 Å². The van der Waals surface area contributed by atoms with Crippen molar-refractivity contribution < 1.29 is 0 Å². The molecule has 0 fully saturated rings. The van der Waals surface area contributed by atoms with Crippen LogP contribution in [0.1, 0.15) is 47.5 Å². The lowest BCUT2D eigenvalue weighted by molar-refractivity contribution is 0.205. The van der Waals surface area contributed by atoms with E-state index in [2.05, 4.69) is 44.8 Å². The van der Waals surface area contributed by atoms with Crippen LogP contribution in [0.25, 0.3) is 0 Å². The Labute approximate surface area is 90.1 Å². The summed E-state index contributed by atoms with van der Waals surface area (Å²) < 4.78 is 0. The summed E-state index contributed by atoms with van der Waals surface area (Å²) in [7, 11) is 0. The Balaban J connectivity index is 3.71. The molecule has 0 saturated carbocycles. The molecule has 0 aromatic rings. The van der Waals surface area contributed by atoms with Crippen LogP contribution in [0.2, 0.25) is 0 Å². The summed E-state index contributed by atoms with van der Waals surface area (Å²) in [5.41, 5.74) is 0. The molecule has 0 amide bonds. The maximum absolute atomic E-state index is 3.46. The van der Waals surface area contributed by atoms with Crippen molar-refractivity contribution in [2.24, 2.45) is 0 Å². The molecular formula is C12H28N2. The Bertz CT molecular complexity index is 125. The van der Waals surface area contributed by atoms with Gasteiger partial charge in [-0.15, -0.1) is 0 Å². The molecule has 0 heterocycles. The highest BCUT2D eigenvalue weighted by atomic mass is 15.1. The van der Waals surface area contributed by atoms with Gasteiger partial charge in [-0.1, -0.05) is 20.8 Å². The Morgan fingerprint density at radius 1 is 1.14 bits per heavy atom. The lowest BCUT2D eigenvalue weighted by Gasteiger charge is -2.28. The van der Waals surface area contributed by atoms with Crippen molar-refractivity contribution in [1.82, 2.24) is 10.2 Å². The van der Waals surface area contributed by atoms with Crippen molar-refractivity contribution in [3.05, 3.63) is 0 Å². The molecule has 0 spiro atoms. The molecule has 1 N–H and O–H groups in total. The van der Waals surface area contributed by atoms with Crippen molar-refractivity contribution in [2.45, 2.75) is 59.5 Å². The number of nitrogens with zero attached hydrogens (tertiary/aromatic N) is 1. The van der Waals surface area contributed by atoms with Crippen molar-refractivity contribution in [3.63, 3.8) is 0 Å². The molecule has 2 nitrogen and oxygen atoms in total. The first-order chi connectivity index (χ1) is 6.65. The Morgan fingerprint density at radius 2 is 1.79 bits per heavy atom. The van der Waals surface area contributed by atoms with E-state index in [0.717, 1.165) is 12.6 Å². The normalized spacial score (nSPS) is 15.9. The lowest BCUT2D eigenvalue weighted by Crippen LogP contribution is -2.37. The Hall–Kier alpha value is -0.0800. The largest absolute Gasteiger partial charge is 0.314 e. The highest BCUT2D eigenvalue weighted by molar-refractivity contribution is 4.68. The summed E-state index contributed by atoms with van der Waals surface area (Å²) in [5.74, 6) is 0. The van der Waals surface area contributed by atoms with Gasteiger partial charge < -0.3 is 10.2 Å². The average Bonchev–Trinajstić information content (AvgIpc) is 2.18. The minimum absolute atomic E-state index is 0.651. The number of nitrogens with one attached hydrogen (secondary N) is 1. The molecule has 2 unspecified atom stereocenters. The van der Waals surface area contributed by atoms with E-state index in [1.165, 1.54) is 25.9 Å². The molecular weight excluding hydrogens is 172 g/mol. The monoisotopic (exact) mass is 200 g/mol. The van der Waals surface area contributed by atoms with E-state index in [0.29, 0.717) is 6.04 Å². The molecule has 0 aliphatic rings. The maximum atomic E-state index is 3.46. The van der Waals surface area contributed by atoms with E-state index >= 15 is 0 Å². The molecule has 14 heavy (non-hydrogen) atoms. The molecule has 0 saturated heterocycles. The van der Waals surface area contributed by atoms with Gasteiger partial charge in [0.05, 0.1) is 0 Å². The molecule has 0 aliphatic heterocycles. The van der Waals surface area contributed by atoms with Gasteiger partial charge in [-0.05, 0) is 46.3 Å². The molecule has 0 radical (unpaired) electrons. The van der Waals surface area contributed by atoms with Gasteiger partial charge >= 0.3 is 0 Å². The molecule has 0 aromatic heterocycles. The van der Waals surface area contributed by atoms with Crippen LogP contribution in [-0.4, -0.2) is 36.6 Å². The quantitative estimate of drug-likeness (QED) is 0.647. The second kappa shape index (κ2) is 8.25. The van der Waals surface area contributed by atoms with Crippen molar-refractivity contribution in [3.8, 4) is 0 Å². The Morgan fingerprint density at radius 3 is 2.21 bits per heavy atom. The molecule has 0 bridgehead atoms. The summed E-state index contributed by atoms with van der Waals surface area (Å²) in [6.45, 7) is 14.8. The fourth-order valence-corrected chi connectivity index (χ4v) is 1.76. The summed E-state index contributed by atoms with van der Waals surface area (Å²) in [5, 5.41) is 3.46. The highest BCUT2D eigenvalue weighted by Crippen LogP contribution is 2.05. The van der Waals surface area contributed by atoms with Crippen LogP contribution in [-0.2, 0) is 0 Å². The number of hydrogen-bond donors (Lipinski definition) is 1. The molecule has 2 atom stereocenters. The van der Waals surface area contributed by atoms with E-state index < -0.39 is 0 Å². The third-order valence-corrected chi connectivity index (χ3v) is 3.02. The fourth-order valence-electron chi connectivity index (χ4n) is 1.76. The number of hydrogen-bond acceptors (Lipinski definition) is 2. The maximum Gasteiger partial charge on any atom is 0.00641 e. The van der Waals surface area contributed by atoms with E-state index in [9.17, 15) is 0 Å². The van der Waals surface area contributed by atoms with Gasteiger partial charge in [-0.2, -0.15) is 0 Å². The minimum Gasteiger partial charge on any atom is -0.314 e. The lowest BCUT2D eigenvalue weighted by atomic mass is 10.1. The van der Waals surface area contributed by atoms with Crippen molar-refractivity contribution >= 4 is 0 Å². The third kappa shape index (κ3) is 5.61. The van der Waals surface area contributed by atoms with Crippen LogP contribution in [0.4, 0.5) is 0 Å². The summed E-state index contributed by atoms with van der Waals surface area (Å²) in [6, 6.07) is 1.38. The first kappa shape index (κ1) is 13.9. The molecule has 0 aromatic carbocycles. The van der Waals surface area contributed by atoms with Gasteiger partial charge in [0.25, 0.3) is 0 Å². The highest BCUT2D eigenvalue weighted by Gasteiger charge is 2.10. The van der Waals surface area contributed by atoms with Crippen molar-refractivity contribution in [1.29, 1.82) is 0 Å². The van der Waals surface area contributed by atoms with E-state index in [1.54, 1.807) is 0 Å². The zero-order chi connectivity index (χ0) is 11.0. The van der Waals surface area contributed by atoms with Gasteiger partial charge in [0.15, 0.2) is 0 Å². The van der Waals surface area contributed by atoms with Crippen LogP contribution in [0, 0.1) is 0 Å². The smallest absolute Gasteiger partial charge is 0.00641 e. The second-order valence-corrected chi connectivity index (χ2v) is 4.13. The summed E-state index contributed by atoms with van der Waals surface area (Å²) in [4.78, 5) is 2.56. The average molecular weight is 200 g/mol. The minimum atomic E-state index is 0.651. The van der Waals surface area contributed by atoms with E-state index in [4.69, 9.17) is 0 Å². The summed E-state index contributed by atoms with van der Waals surface area (Å²) >= 11 is 0. The van der Waals surface area contributed by atoms with Crippen molar-refractivity contribution in [2.75, 3.05) is 19.6 Å². The van der Waals surface area contributed by atoms with E-state index in [1.807, 2.05) is 0 Å². The second-order valence-electron chi connectivity index (χ2n) is 4.13. The van der Waals surface area contributed by atoms with Gasteiger partial charge in [0, 0.05) is 12.1 Å². The van der Waals surface area contributed by atoms with Crippen LogP contribution in [0.5, 0.6) is 0 Å². The predicted octanol–water partition coefficient (Wildman–Crippen LogP) is 2.49. The fraction of sp³-hybridized carbons (Fsp3) is 1.00. The molecule has 0 rings (SSSR count). The first-order valence-corrected chi connectivity index (χ1v) is 6.13. The van der Waals surface area contributed by atoms with Gasteiger partial charge in [-0.3, -0.25) is 0 Å². The molecule has 0 aliphatic carbocycles. The summed E-state index contributed by atoms with van der Waals surface area (Å²) in [6.07, 6.45) is 2.51. The van der Waals surface area contributed by atoms with Gasteiger partial charge in [0.2, 0.25) is 0 Å². The van der Waals surface area contributed by atoms with Crippen LogP contribution in [0.3, 0.4) is 0 Å². The molecule has 2 heteroatoms. The van der Waals surface area contributed by atoms with Gasteiger partial charge in [0.1, 0.15) is 0 Å². The zero-order valence-electron chi connectivity index (χ0n) is 10.6. The Kier molecular flexibility index (Phi) is 8.20. The first-order valence-electron chi connectivity index (χ1n) is 6.13. The predicted molar refractivity (Wildman–Crippen MR) is 64.8 cm³/mol. The SMILES string of the molecule is CCNC(C)CCN(CC)C(C)CC. The van der Waals surface area contributed by atoms with Crippen LogP contribution in [0.15, 0.2) is 0 Å². The van der Waals surface area contributed by atoms with Crippen LogP contribution >= 0.6 is 0 Å². The zero-order valence-corrected chi connectivity index (χ0v) is 10.6. The number of rotatable bonds is 8. The third-order valence-electron chi connectivity index (χ3n) is 3.02. The molecule has 86 valence electrons. The standard InChI is InChI=1S/C12H28N2/c1-6-12(5)14(8-3)10-9-11(4)13-7-2/h11-13H,6-10H2,1-5H3. The topological polar surface area (TPSA) is 15.3 Å².